The van der Waals surface area contributed by atoms with Gasteiger partial charge in [-0.15, -0.1) is 0 Å². The SMILES string of the molecule is CCc1cccc(C(C)(C=O)N(C)C(=O)OC(C)(C)C)c1. The van der Waals surface area contributed by atoms with E-state index in [1.165, 1.54) is 4.90 Å². The molecule has 0 radical (unpaired) electrons. The van der Waals surface area contributed by atoms with E-state index < -0.39 is 17.2 Å². The maximum atomic E-state index is 12.2. The average Bonchev–Trinajstić information content (AvgIpc) is 2.43. The summed E-state index contributed by atoms with van der Waals surface area (Å²) in [4.78, 5) is 25.3. The van der Waals surface area contributed by atoms with Gasteiger partial charge in [0.2, 0.25) is 0 Å². The van der Waals surface area contributed by atoms with Crippen LogP contribution in [0.4, 0.5) is 4.79 Å². The molecule has 21 heavy (non-hydrogen) atoms. The van der Waals surface area contributed by atoms with E-state index >= 15 is 0 Å². The molecule has 0 aliphatic rings. The Kier molecular flexibility index (Phi) is 5.15. The fourth-order valence-electron chi connectivity index (χ4n) is 1.97. The number of benzene rings is 1. The van der Waals surface area contributed by atoms with Crippen LogP contribution < -0.4 is 0 Å². The Balaban J connectivity index is 3.13. The molecule has 0 aliphatic heterocycles. The molecule has 0 saturated heterocycles. The lowest BCUT2D eigenvalue weighted by atomic mass is 9.90. The first-order valence-electron chi connectivity index (χ1n) is 7.16. The van der Waals surface area contributed by atoms with Crippen LogP contribution in [0.25, 0.3) is 0 Å². The highest BCUT2D eigenvalue weighted by molar-refractivity contribution is 5.78. The molecule has 1 unspecified atom stereocenters. The van der Waals surface area contributed by atoms with Crippen LogP contribution in [0.1, 0.15) is 45.7 Å². The molecule has 1 atom stereocenters. The van der Waals surface area contributed by atoms with E-state index in [4.69, 9.17) is 4.74 Å². The van der Waals surface area contributed by atoms with Crippen molar-refractivity contribution in [1.82, 2.24) is 4.90 Å². The van der Waals surface area contributed by atoms with Gasteiger partial charge >= 0.3 is 6.09 Å². The fourth-order valence-corrected chi connectivity index (χ4v) is 1.97. The van der Waals surface area contributed by atoms with Crippen LogP contribution >= 0.6 is 0 Å². The molecule has 0 fully saturated rings. The predicted molar refractivity (Wildman–Crippen MR) is 83.2 cm³/mol. The standard InChI is InChI=1S/C17H25NO3/c1-7-13-9-8-10-14(11-13)17(5,12-19)18(6)15(20)21-16(2,3)4/h8-12H,7H2,1-6H3. The van der Waals surface area contributed by atoms with Crippen LogP contribution in [-0.4, -0.2) is 29.9 Å². The minimum atomic E-state index is -1.05. The predicted octanol–water partition coefficient (Wildman–Crippen LogP) is 3.53. The number of amides is 1. The number of aldehydes is 1. The minimum absolute atomic E-state index is 0.515. The number of nitrogens with zero attached hydrogens (tertiary/aromatic N) is 1. The topological polar surface area (TPSA) is 46.6 Å². The number of rotatable bonds is 4. The lowest BCUT2D eigenvalue weighted by molar-refractivity contribution is -0.117. The number of carbonyl (C=O) groups excluding carboxylic acids is 2. The summed E-state index contributed by atoms with van der Waals surface area (Å²) >= 11 is 0. The lowest BCUT2D eigenvalue weighted by Crippen LogP contribution is -2.48. The number of hydrogen-bond acceptors (Lipinski definition) is 3. The van der Waals surface area contributed by atoms with Crippen molar-refractivity contribution in [3.8, 4) is 0 Å². The molecule has 1 aromatic rings. The Morgan fingerprint density at radius 2 is 1.90 bits per heavy atom. The maximum absolute atomic E-state index is 12.2. The van der Waals surface area contributed by atoms with Gasteiger partial charge in [0, 0.05) is 7.05 Å². The molecule has 1 rings (SSSR count). The van der Waals surface area contributed by atoms with Crippen molar-refractivity contribution >= 4 is 12.4 Å². The van der Waals surface area contributed by atoms with E-state index in [0.29, 0.717) is 0 Å². The van der Waals surface area contributed by atoms with E-state index in [1.54, 1.807) is 34.7 Å². The highest BCUT2D eigenvalue weighted by Crippen LogP contribution is 2.27. The number of hydrogen-bond donors (Lipinski definition) is 0. The molecule has 0 heterocycles. The summed E-state index contributed by atoms with van der Waals surface area (Å²) in [7, 11) is 1.58. The Labute approximate surface area is 127 Å². The third kappa shape index (κ3) is 4.06. The summed E-state index contributed by atoms with van der Waals surface area (Å²) in [5.74, 6) is 0. The van der Waals surface area contributed by atoms with E-state index in [2.05, 4.69) is 6.92 Å². The van der Waals surface area contributed by atoms with Crippen LogP contribution in [0.15, 0.2) is 24.3 Å². The molecular formula is C17H25NO3. The van der Waals surface area contributed by atoms with Crippen molar-refractivity contribution in [2.75, 3.05) is 7.05 Å². The van der Waals surface area contributed by atoms with Gasteiger partial charge in [-0.2, -0.15) is 0 Å². The van der Waals surface area contributed by atoms with Gasteiger partial charge in [0.05, 0.1) is 0 Å². The van der Waals surface area contributed by atoms with E-state index in [0.717, 1.165) is 23.8 Å². The third-order valence-electron chi connectivity index (χ3n) is 3.51. The minimum Gasteiger partial charge on any atom is -0.444 e. The lowest BCUT2D eigenvalue weighted by Gasteiger charge is -2.36. The molecule has 4 nitrogen and oxygen atoms in total. The van der Waals surface area contributed by atoms with Gasteiger partial charge in [0.1, 0.15) is 17.4 Å². The second kappa shape index (κ2) is 6.29. The molecule has 0 saturated carbocycles. The second-order valence-corrected chi connectivity index (χ2v) is 6.36. The zero-order valence-electron chi connectivity index (χ0n) is 13.8. The maximum Gasteiger partial charge on any atom is 0.411 e. The molecule has 0 N–H and O–H groups in total. The van der Waals surface area contributed by atoms with Gasteiger partial charge in [0.25, 0.3) is 0 Å². The van der Waals surface area contributed by atoms with Crippen molar-refractivity contribution in [1.29, 1.82) is 0 Å². The first-order chi connectivity index (χ1) is 9.64. The van der Waals surface area contributed by atoms with E-state index in [1.807, 2.05) is 24.3 Å². The van der Waals surface area contributed by atoms with E-state index in [9.17, 15) is 9.59 Å². The van der Waals surface area contributed by atoms with Crippen molar-refractivity contribution in [3.05, 3.63) is 35.4 Å². The zero-order valence-corrected chi connectivity index (χ0v) is 13.8. The van der Waals surface area contributed by atoms with Crippen molar-refractivity contribution in [3.63, 3.8) is 0 Å². The Hall–Kier alpha value is -1.84. The number of aryl methyl sites for hydroxylation is 1. The summed E-state index contributed by atoms with van der Waals surface area (Å²) in [5, 5.41) is 0. The molecule has 0 spiro atoms. The van der Waals surface area contributed by atoms with Gasteiger partial charge < -0.3 is 9.53 Å². The van der Waals surface area contributed by atoms with Crippen LogP contribution in [-0.2, 0) is 21.5 Å². The molecule has 0 aliphatic carbocycles. The largest absolute Gasteiger partial charge is 0.444 e. The van der Waals surface area contributed by atoms with Crippen molar-refractivity contribution in [2.24, 2.45) is 0 Å². The van der Waals surface area contributed by atoms with Gasteiger partial charge in [0.15, 0.2) is 0 Å². The quantitative estimate of drug-likeness (QED) is 0.797. The second-order valence-electron chi connectivity index (χ2n) is 6.36. The monoisotopic (exact) mass is 291 g/mol. The van der Waals surface area contributed by atoms with E-state index in [-0.39, 0.29) is 0 Å². The molecule has 0 bridgehead atoms. The van der Waals surface area contributed by atoms with Gasteiger partial charge in [-0.05, 0) is 45.2 Å². The van der Waals surface area contributed by atoms with Gasteiger partial charge in [-0.1, -0.05) is 31.2 Å². The molecule has 0 aromatic heterocycles. The average molecular weight is 291 g/mol. The van der Waals surface area contributed by atoms with Crippen LogP contribution in [0.5, 0.6) is 0 Å². The molecule has 4 heteroatoms. The van der Waals surface area contributed by atoms with Crippen LogP contribution in [0.2, 0.25) is 0 Å². The summed E-state index contributed by atoms with van der Waals surface area (Å²) in [6.45, 7) is 9.17. The number of likely N-dealkylation sites (N-methyl/N-ethyl adjacent to an activating group) is 1. The first-order valence-corrected chi connectivity index (χ1v) is 7.16. The molecule has 1 amide bonds. The number of ether oxygens (including phenoxy) is 1. The van der Waals surface area contributed by atoms with Crippen molar-refractivity contribution < 1.29 is 14.3 Å². The highest BCUT2D eigenvalue weighted by Gasteiger charge is 2.36. The normalized spacial score (nSPS) is 14.2. The summed E-state index contributed by atoms with van der Waals surface area (Å²) in [6, 6.07) is 7.71. The third-order valence-corrected chi connectivity index (χ3v) is 3.51. The van der Waals surface area contributed by atoms with Crippen LogP contribution in [0.3, 0.4) is 0 Å². The Morgan fingerprint density at radius 3 is 2.38 bits per heavy atom. The fraction of sp³-hybridized carbons (Fsp3) is 0.529. The highest BCUT2D eigenvalue weighted by atomic mass is 16.6. The Bertz CT molecular complexity index is 519. The Morgan fingerprint density at radius 1 is 1.29 bits per heavy atom. The first kappa shape index (κ1) is 17.2. The summed E-state index contributed by atoms with van der Waals surface area (Å²) in [5.41, 5.74) is 0.261. The summed E-state index contributed by atoms with van der Waals surface area (Å²) < 4.78 is 5.35. The summed E-state index contributed by atoms with van der Waals surface area (Å²) in [6.07, 6.45) is 1.14. The zero-order chi connectivity index (χ0) is 16.3. The molecular weight excluding hydrogens is 266 g/mol. The number of carbonyl (C=O) groups is 2. The molecule has 116 valence electrons. The smallest absolute Gasteiger partial charge is 0.411 e. The van der Waals surface area contributed by atoms with Crippen LogP contribution in [0, 0.1) is 0 Å². The molecule has 1 aromatic carbocycles. The van der Waals surface area contributed by atoms with Gasteiger partial charge in [-0.25, -0.2) is 4.79 Å². The van der Waals surface area contributed by atoms with Crippen molar-refractivity contribution in [2.45, 2.75) is 52.2 Å². The van der Waals surface area contributed by atoms with Gasteiger partial charge in [-0.3, -0.25) is 4.90 Å².